The van der Waals surface area contributed by atoms with E-state index < -0.39 is 12.3 Å². The Hall–Kier alpha value is -0.710. The van der Waals surface area contributed by atoms with Gasteiger partial charge in [0.2, 0.25) is 12.3 Å². The molecule has 5 heteroatoms. The fourth-order valence-corrected chi connectivity index (χ4v) is 2.53. The minimum Gasteiger partial charge on any atom is -0.341 e. The van der Waals surface area contributed by atoms with Gasteiger partial charge in [-0.25, -0.2) is 8.78 Å². The maximum atomic E-state index is 12.6. The van der Waals surface area contributed by atoms with E-state index >= 15 is 0 Å². The first-order valence-corrected chi connectivity index (χ1v) is 5.99. The van der Waals surface area contributed by atoms with Gasteiger partial charge < -0.3 is 10.2 Å². The Balaban J connectivity index is 1.90. The summed E-state index contributed by atoms with van der Waals surface area (Å²) in [6, 6.07) is -0.128. The summed E-state index contributed by atoms with van der Waals surface area (Å²) in [4.78, 5) is 13.6. The molecule has 2 heterocycles. The number of amides is 1. The van der Waals surface area contributed by atoms with Crippen molar-refractivity contribution in [3.05, 3.63) is 0 Å². The number of likely N-dealkylation sites (tertiary alicyclic amines) is 1. The highest BCUT2D eigenvalue weighted by Gasteiger charge is 2.33. The molecule has 0 aromatic carbocycles. The Morgan fingerprint density at radius 2 is 2.12 bits per heavy atom. The standard InChI is InChI=1S/C11H18F2N2O/c12-10(13)8-3-2-6-15(7-8)11(16)9-4-1-5-14-9/h8-10,14H,1-7H2. The molecule has 1 N–H and O–H groups in total. The Kier molecular flexibility index (Phi) is 3.74. The Labute approximate surface area is 94.2 Å². The molecule has 0 aliphatic carbocycles. The van der Waals surface area contributed by atoms with Gasteiger partial charge in [0, 0.05) is 19.0 Å². The third-order valence-corrected chi connectivity index (χ3v) is 3.48. The second-order valence-electron chi connectivity index (χ2n) is 4.67. The van der Waals surface area contributed by atoms with Gasteiger partial charge in [0.25, 0.3) is 0 Å². The zero-order chi connectivity index (χ0) is 11.5. The third kappa shape index (κ3) is 2.51. The molecule has 1 amide bonds. The van der Waals surface area contributed by atoms with Gasteiger partial charge in [-0.05, 0) is 32.2 Å². The zero-order valence-corrected chi connectivity index (χ0v) is 9.29. The summed E-state index contributed by atoms with van der Waals surface area (Å²) in [6.07, 6.45) is 0.789. The van der Waals surface area contributed by atoms with Crippen LogP contribution in [0.1, 0.15) is 25.7 Å². The Morgan fingerprint density at radius 3 is 2.75 bits per heavy atom. The monoisotopic (exact) mass is 232 g/mol. The number of rotatable bonds is 2. The Bertz CT molecular complexity index is 254. The molecule has 0 aromatic heterocycles. The van der Waals surface area contributed by atoms with Gasteiger partial charge in [0.15, 0.2) is 0 Å². The van der Waals surface area contributed by atoms with E-state index in [0.29, 0.717) is 19.4 Å². The van der Waals surface area contributed by atoms with Crippen molar-refractivity contribution in [2.24, 2.45) is 5.92 Å². The van der Waals surface area contributed by atoms with Crippen LogP contribution >= 0.6 is 0 Å². The second kappa shape index (κ2) is 5.08. The van der Waals surface area contributed by atoms with Crippen LogP contribution in [0.3, 0.4) is 0 Å². The number of alkyl halides is 2. The van der Waals surface area contributed by atoms with Crippen molar-refractivity contribution < 1.29 is 13.6 Å². The number of hydrogen-bond acceptors (Lipinski definition) is 2. The van der Waals surface area contributed by atoms with E-state index in [9.17, 15) is 13.6 Å². The van der Waals surface area contributed by atoms with Gasteiger partial charge in [-0.3, -0.25) is 4.79 Å². The fourth-order valence-electron chi connectivity index (χ4n) is 2.53. The smallest absolute Gasteiger partial charge is 0.243 e. The predicted molar refractivity (Wildman–Crippen MR) is 56.3 cm³/mol. The molecule has 2 unspecified atom stereocenters. The number of halogens is 2. The van der Waals surface area contributed by atoms with Gasteiger partial charge >= 0.3 is 0 Å². The number of nitrogens with one attached hydrogen (secondary N) is 1. The summed E-state index contributed by atoms with van der Waals surface area (Å²) in [5, 5.41) is 3.12. The molecule has 2 atom stereocenters. The summed E-state index contributed by atoms with van der Waals surface area (Å²) in [5.41, 5.74) is 0. The van der Waals surface area contributed by atoms with Crippen LogP contribution < -0.4 is 5.32 Å². The van der Waals surface area contributed by atoms with Crippen LogP contribution in [-0.2, 0) is 4.79 Å². The van der Waals surface area contributed by atoms with Crippen molar-refractivity contribution in [2.75, 3.05) is 19.6 Å². The van der Waals surface area contributed by atoms with E-state index in [1.165, 1.54) is 0 Å². The maximum Gasteiger partial charge on any atom is 0.243 e. The topological polar surface area (TPSA) is 32.3 Å². The highest BCUT2D eigenvalue weighted by atomic mass is 19.3. The number of carbonyl (C=O) groups excluding carboxylic acids is 1. The lowest BCUT2D eigenvalue weighted by Crippen LogP contribution is -2.48. The summed E-state index contributed by atoms with van der Waals surface area (Å²) < 4.78 is 25.2. The number of carbonyl (C=O) groups is 1. The van der Waals surface area contributed by atoms with E-state index in [-0.39, 0.29) is 18.5 Å². The van der Waals surface area contributed by atoms with E-state index in [0.717, 1.165) is 19.4 Å². The Morgan fingerprint density at radius 1 is 1.31 bits per heavy atom. The van der Waals surface area contributed by atoms with Crippen LogP contribution in [0.25, 0.3) is 0 Å². The molecule has 2 saturated heterocycles. The van der Waals surface area contributed by atoms with E-state index in [2.05, 4.69) is 5.32 Å². The molecule has 0 radical (unpaired) electrons. The highest BCUT2D eigenvalue weighted by molar-refractivity contribution is 5.82. The van der Waals surface area contributed by atoms with Crippen LogP contribution in [0.4, 0.5) is 8.78 Å². The lowest BCUT2D eigenvalue weighted by atomic mass is 9.98. The quantitative estimate of drug-likeness (QED) is 0.777. The number of hydrogen-bond donors (Lipinski definition) is 1. The normalized spacial score (nSPS) is 31.1. The van der Waals surface area contributed by atoms with Crippen molar-refractivity contribution in [1.82, 2.24) is 10.2 Å². The van der Waals surface area contributed by atoms with Crippen molar-refractivity contribution in [3.63, 3.8) is 0 Å². The summed E-state index contributed by atoms with van der Waals surface area (Å²) in [7, 11) is 0. The first-order valence-electron chi connectivity index (χ1n) is 5.99. The molecule has 2 fully saturated rings. The number of piperidine rings is 1. The van der Waals surface area contributed by atoms with Crippen LogP contribution in [-0.4, -0.2) is 42.9 Å². The summed E-state index contributed by atoms with van der Waals surface area (Å²) in [5.74, 6) is -0.609. The molecule has 0 aromatic rings. The molecule has 0 bridgehead atoms. The average molecular weight is 232 g/mol. The molecule has 2 aliphatic heterocycles. The van der Waals surface area contributed by atoms with Gasteiger partial charge in [0.05, 0.1) is 6.04 Å². The van der Waals surface area contributed by atoms with Crippen LogP contribution in [0, 0.1) is 5.92 Å². The molecular weight excluding hydrogens is 214 g/mol. The molecular formula is C11H18F2N2O. The summed E-state index contributed by atoms with van der Waals surface area (Å²) >= 11 is 0. The molecule has 0 spiro atoms. The van der Waals surface area contributed by atoms with E-state index in [1.54, 1.807) is 4.90 Å². The van der Waals surface area contributed by atoms with E-state index in [4.69, 9.17) is 0 Å². The van der Waals surface area contributed by atoms with Gasteiger partial charge in [-0.1, -0.05) is 0 Å². The van der Waals surface area contributed by atoms with Gasteiger partial charge in [-0.15, -0.1) is 0 Å². The van der Waals surface area contributed by atoms with Gasteiger partial charge in [-0.2, -0.15) is 0 Å². The van der Waals surface area contributed by atoms with Crippen molar-refractivity contribution in [3.8, 4) is 0 Å². The zero-order valence-electron chi connectivity index (χ0n) is 9.29. The molecule has 16 heavy (non-hydrogen) atoms. The third-order valence-electron chi connectivity index (χ3n) is 3.48. The van der Waals surface area contributed by atoms with Crippen molar-refractivity contribution in [1.29, 1.82) is 0 Å². The fraction of sp³-hybridized carbons (Fsp3) is 0.909. The first-order chi connectivity index (χ1) is 7.68. The first kappa shape index (κ1) is 11.8. The van der Waals surface area contributed by atoms with Crippen LogP contribution in [0.2, 0.25) is 0 Å². The highest BCUT2D eigenvalue weighted by Crippen LogP contribution is 2.23. The lowest BCUT2D eigenvalue weighted by molar-refractivity contribution is -0.136. The van der Waals surface area contributed by atoms with Crippen LogP contribution in [0.15, 0.2) is 0 Å². The summed E-state index contributed by atoms with van der Waals surface area (Å²) in [6.45, 7) is 1.73. The van der Waals surface area contributed by atoms with Gasteiger partial charge in [0.1, 0.15) is 0 Å². The predicted octanol–water partition coefficient (Wildman–Crippen LogP) is 1.24. The largest absolute Gasteiger partial charge is 0.341 e. The van der Waals surface area contributed by atoms with E-state index in [1.807, 2.05) is 0 Å². The molecule has 2 aliphatic rings. The second-order valence-corrected chi connectivity index (χ2v) is 4.67. The molecule has 0 saturated carbocycles. The molecule has 3 nitrogen and oxygen atoms in total. The minimum atomic E-state index is -2.30. The minimum absolute atomic E-state index is 0.0165. The lowest BCUT2D eigenvalue weighted by Gasteiger charge is -2.33. The van der Waals surface area contributed by atoms with Crippen molar-refractivity contribution >= 4 is 5.91 Å². The average Bonchev–Trinajstić information content (AvgIpc) is 2.81. The molecule has 2 rings (SSSR count). The van der Waals surface area contributed by atoms with Crippen LogP contribution in [0.5, 0.6) is 0 Å². The van der Waals surface area contributed by atoms with Crippen molar-refractivity contribution in [2.45, 2.75) is 38.2 Å². The SMILES string of the molecule is O=C(C1CCCN1)N1CCCC(C(F)F)C1. The maximum absolute atomic E-state index is 12.6. The molecule has 92 valence electrons. The number of nitrogens with zero attached hydrogens (tertiary/aromatic N) is 1.